The Morgan fingerprint density at radius 2 is 1.95 bits per heavy atom. The Labute approximate surface area is 130 Å². The van der Waals surface area contributed by atoms with Gasteiger partial charge in [-0.15, -0.1) is 0 Å². The molecule has 2 nitrogen and oxygen atoms in total. The SMILES string of the molecule is CCNCC(C)c1ccc(CN2CCCCCC2C)cc1. The third-order valence-electron chi connectivity index (χ3n) is 4.83. The van der Waals surface area contributed by atoms with Gasteiger partial charge in [-0.3, -0.25) is 4.90 Å². The molecule has 0 bridgehead atoms. The van der Waals surface area contributed by atoms with Gasteiger partial charge in [-0.2, -0.15) is 0 Å². The van der Waals surface area contributed by atoms with Crippen molar-refractivity contribution in [3.8, 4) is 0 Å². The van der Waals surface area contributed by atoms with Gasteiger partial charge in [-0.1, -0.05) is 51.0 Å². The van der Waals surface area contributed by atoms with E-state index in [1.54, 1.807) is 0 Å². The third-order valence-corrected chi connectivity index (χ3v) is 4.83. The highest BCUT2D eigenvalue weighted by Crippen LogP contribution is 2.20. The maximum atomic E-state index is 3.43. The molecule has 21 heavy (non-hydrogen) atoms. The van der Waals surface area contributed by atoms with Crippen molar-refractivity contribution in [2.75, 3.05) is 19.6 Å². The molecule has 1 aromatic rings. The lowest BCUT2D eigenvalue weighted by Gasteiger charge is -2.27. The molecule has 1 aliphatic rings. The Bertz CT molecular complexity index is 399. The zero-order chi connectivity index (χ0) is 15.1. The minimum atomic E-state index is 0.594. The molecule has 0 saturated carbocycles. The first-order valence-corrected chi connectivity index (χ1v) is 8.74. The zero-order valence-electron chi connectivity index (χ0n) is 14.1. The lowest BCUT2D eigenvalue weighted by molar-refractivity contribution is 0.205. The number of hydrogen-bond donors (Lipinski definition) is 1. The fourth-order valence-electron chi connectivity index (χ4n) is 3.23. The standard InChI is InChI=1S/C19H32N2/c1-4-20-14-16(2)19-11-9-18(10-12-19)15-21-13-7-5-6-8-17(21)3/h9-12,16-17,20H,4-8,13-15H2,1-3H3. The molecular formula is C19H32N2. The van der Waals surface area contributed by atoms with Crippen molar-refractivity contribution >= 4 is 0 Å². The molecule has 2 rings (SSSR count). The van der Waals surface area contributed by atoms with Gasteiger partial charge >= 0.3 is 0 Å². The van der Waals surface area contributed by atoms with Crippen LogP contribution in [0.5, 0.6) is 0 Å². The summed E-state index contributed by atoms with van der Waals surface area (Å²) in [5.74, 6) is 0.594. The first-order valence-electron chi connectivity index (χ1n) is 8.74. The van der Waals surface area contributed by atoms with E-state index < -0.39 is 0 Å². The monoisotopic (exact) mass is 288 g/mol. The summed E-state index contributed by atoms with van der Waals surface area (Å²) in [6.07, 6.45) is 5.53. The van der Waals surface area contributed by atoms with Crippen molar-refractivity contribution in [2.45, 2.75) is 65.0 Å². The first kappa shape index (κ1) is 16.5. The summed E-state index contributed by atoms with van der Waals surface area (Å²) in [5, 5.41) is 3.43. The number of likely N-dealkylation sites (N-methyl/N-ethyl adjacent to an activating group) is 1. The smallest absolute Gasteiger partial charge is 0.0236 e. The van der Waals surface area contributed by atoms with Gasteiger partial charge in [0.1, 0.15) is 0 Å². The molecule has 0 amide bonds. The molecule has 0 aromatic heterocycles. The Morgan fingerprint density at radius 1 is 1.19 bits per heavy atom. The molecular weight excluding hydrogens is 256 g/mol. The molecule has 0 aliphatic carbocycles. The maximum Gasteiger partial charge on any atom is 0.0236 e. The number of likely N-dealkylation sites (tertiary alicyclic amines) is 1. The number of nitrogens with zero attached hydrogens (tertiary/aromatic N) is 1. The van der Waals surface area contributed by atoms with Crippen molar-refractivity contribution in [3.05, 3.63) is 35.4 Å². The second kappa shape index (κ2) is 8.55. The Kier molecular flexibility index (Phi) is 6.72. The van der Waals surface area contributed by atoms with E-state index >= 15 is 0 Å². The summed E-state index contributed by atoms with van der Waals surface area (Å²) >= 11 is 0. The van der Waals surface area contributed by atoms with Crippen LogP contribution in [0.25, 0.3) is 0 Å². The van der Waals surface area contributed by atoms with Crippen LogP contribution in [0.2, 0.25) is 0 Å². The molecule has 0 radical (unpaired) electrons. The van der Waals surface area contributed by atoms with Gasteiger partial charge in [0, 0.05) is 19.1 Å². The molecule has 1 aromatic carbocycles. The van der Waals surface area contributed by atoms with Gasteiger partial charge in [-0.05, 0) is 49.9 Å². The van der Waals surface area contributed by atoms with Crippen LogP contribution in [0.3, 0.4) is 0 Å². The Morgan fingerprint density at radius 3 is 2.67 bits per heavy atom. The van der Waals surface area contributed by atoms with E-state index in [0.29, 0.717) is 5.92 Å². The lowest BCUT2D eigenvalue weighted by Crippen LogP contribution is -2.31. The second-order valence-corrected chi connectivity index (χ2v) is 6.62. The van der Waals surface area contributed by atoms with E-state index in [9.17, 15) is 0 Å². The molecule has 118 valence electrons. The van der Waals surface area contributed by atoms with E-state index in [1.165, 1.54) is 43.4 Å². The fourth-order valence-corrected chi connectivity index (χ4v) is 3.23. The molecule has 2 heteroatoms. The van der Waals surface area contributed by atoms with Crippen molar-refractivity contribution in [1.82, 2.24) is 10.2 Å². The topological polar surface area (TPSA) is 15.3 Å². The first-order chi connectivity index (χ1) is 10.2. The van der Waals surface area contributed by atoms with Gasteiger partial charge in [0.2, 0.25) is 0 Å². The van der Waals surface area contributed by atoms with Crippen LogP contribution in [-0.4, -0.2) is 30.6 Å². The predicted molar refractivity (Wildman–Crippen MR) is 91.7 cm³/mol. The zero-order valence-corrected chi connectivity index (χ0v) is 14.1. The average Bonchev–Trinajstić information content (AvgIpc) is 2.70. The minimum Gasteiger partial charge on any atom is -0.316 e. The molecule has 1 fully saturated rings. The summed E-state index contributed by atoms with van der Waals surface area (Å²) in [6.45, 7) is 11.3. The molecule has 1 aliphatic heterocycles. The highest BCUT2D eigenvalue weighted by molar-refractivity contribution is 5.25. The largest absolute Gasteiger partial charge is 0.316 e. The minimum absolute atomic E-state index is 0.594. The molecule has 1 saturated heterocycles. The quantitative estimate of drug-likeness (QED) is 0.845. The highest BCUT2D eigenvalue weighted by atomic mass is 15.1. The van der Waals surface area contributed by atoms with Gasteiger partial charge in [0.25, 0.3) is 0 Å². The van der Waals surface area contributed by atoms with Gasteiger partial charge in [-0.25, -0.2) is 0 Å². The van der Waals surface area contributed by atoms with Crippen molar-refractivity contribution < 1.29 is 0 Å². The second-order valence-electron chi connectivity index (χ2n) is 6.62. The number of benzene rings is 1. The van der Waals surface area contributed by atoms with Crippen molar-refractivity contribution in [1.29, 1.82) is 0 Å². The average molecular weight is 288 g/mol. The molecule has 0 spiro atoms. The van der Waals surface area contributed by atoms with Crippen LogP contribution in [0.15, 0.2) is 24.3 Å². The van der Waals surface area contributed by atoms with Crippen LogP contribution < -0.4 is 5.32 Å². The number of nitrogens with one attached hydrogen (secondary N) is 1. The Hall–Kier alpha value is -0.860. The molecule has 1 heterocycles. The van der Waals surface area contributed by atoms with Gasteiger partial charge in [0.05, 0.1) is 0 Å². The summed E-state index contributed by atoms with van der Waals surface area (Å²) in [5.41, 5.74) is 2.91. The predicted octanol–water partition coefficient (Wildman–Crippen LogP) is 4.16. The summed E-state index contributed by atoms with van der Waals surface area (Å²) < 4.78 is 0. The summed E-state index contributed by atoms with van der Waals surface area (Å²) in [4.78, 5) is 2.66. The van der Waals surface area contributed by atoms with E-state index in [-0.39, 0.29) is 0 Å². The summed E-state index contributed by atoms with van der Waals surface area (Å²) in [6, 6.07) is 10.0. The van der Waals surface area contributed by atoms with Crippen LogP contribution in [0.4, 0.5) is 0 Å². The molecule has 2 unspecified atom stereocenters. The van der Waals surface area contributed by atoms with E-state index in [4.69, 9.17) is 0 Å². The highest BCUT2D eigenvalue weighted by Gasteiger charge is 2.16. The van der Waals surface area contributed by atoms with Gasteiger partial charge < -0.3 is 5.32 Å². The van der Waals surface area contributed by atoms with Crippen LogP contribution in [0, 0.1) is 0 Å². The number of rotatable bonds is 6. The number of hydrogen-bond acceptors (Lipinski definition) is 2. The van der Waals surface area contributed by atoms with Crippen molar-refractivity contribution in [2.24, 2.45) is 0 Å². The molecule has 2 atom stereocenters. The summed E-state index contributed by atoms with van der Waals surface area (Å²) in [7, 11) is 0. The maximum absolute atomic E-state index is 3.43. The normalized spacial score (nSPS) is 22.0. The van der Waals surface area contributed by atoms with Crippen molar-refractivity contribution in [3.63, 3.8) is 0 Å². The lowest BCUT2D eigenvalue weighted by atomic mass is 9.99. The van der Waals surface area contributed by atoms with E-state index in [2.05, 4.69) is 55.3 Å². The van der Waals surface area contributed by atoms with E-state index in [1.807, 2.05) is 0 Å². The van der Waals surface area contributed by atoms with Gasteiger partial charge in [0.15, 0.2) is 0 Å². The molecule has 1 N–H and O–H groups in total. The van der Waals surface area contributed by atoms with Crippen LogP contribution in [0.1, 0.15) is 63.5 Å². The Balaban J connectivity index is 1.92. The van der Waals surface area contributed by atoms with Crippen LogP contribution in [-0.2, 0) is 6.54 Å². The fraction of sp³-hybridized carbons (Fsp3) is 0.684. The van der Waals surface area contributed by atoms with E-state index in [0.717, 1.165) is 25.7 Å². The van der Waals surface area contributed by atoms with Crippen LogP contribution >= 0.6 is 0 Å². The third kappa shape index (κ3) is 5.12.